The molecule has 0 spiro atoms. The van der Waals surface area contributed by atoms with Gasteiger partial charge in [-0.15, -0.1) is 5.10 Å². The van der Waals surface area contributed by atoms with Crippen LogP contribution in [0.3, 0.4) is 0 Å². The van der Waals surface area contributed by atoms with Gasteiger partial charge in [-0.2, -0.15) is 4.31 Å². The number of carbonyl (C=O) groups excluding carboxylic acids is 1. The molecule has 176 valence electrons. The second kappa shape index (κ2) is 10.3. The van der Waals surface area contributed by atoms with Crippen molar-refractivity contribution in [1.29, 1.82) is 0 Å². The van der Waals surface area contributed by atoms with Gasteiger partial charge in [-0.25, -0.2) is 8.42 Å². The van der Waals surface area contributed by atoms with Crippen LogP contribution in [0.15, 0.2) is 29.3 Å². The first kappa shape index (κ1) is 24.0. The molecular formula is C21H31N5O5S. The van der Waals surface area contributed by atoms with E-state index in [4.69, 9.17) is 9.47 Å². The van der Waals surface area contributed by atoms with Crippen LogP contribution in [0.5, 0.6) is 11.5 Å². The van der Waals surface area contributed by atoms with Gasteiger partial charge < -0.3 is 14.8 Å². The third-order valence-electron chi connectivity index (χ3n) is 5.42. The third kappa shape index (κ3) is 5.39. The van der Waals surface area contributed by atoms with E-state index < -0.39 is 10.0 Å². The van der Waals surface area contributed by atoms with Gasteiger partial charge in [-0.1, -0.05) is 11.6 Å². The van der Waals surface area contributed by atoms with E-state index in [0.29, 0.717) is 31.0 Å². The van der Waals surface area contributed by atoms with Gasteiger partial charge in [-0.05, 0) is 45.2 Å². The summed E-state index contributed by atoms with van der Waals surface area (Å²) in [5, 5.41) is 10.7. The highest BCUT2D eigenvalue weighted by molar-refractivity contribution is 7.89. The summed E-state index contributed by atoms with van der Waals surface area (Å²) < 4.78 is 40.5. The highest BCUT2D eigenvalue weighted by Crippen LogP contribution is 2.33. The smallest absolute Gasteiger partial charge is 0.273 e. The van der Waals surface area contributed by atoms with Crippen LogP contribution in [-0.2, 0) is 16.6 Å². The Morgan fingerprint density at radius 3 is 2.66 bits per heavy atom. The predicted molar refractivity (Wildman–Crippen MR) is 118 cm³/mol. The minimum Gasteiger partial charge on any atom is -0.493 e. The van der Waals surface area contributed by atoms with Crippen LogP contribution in [0, 0.1) is 0 Å². The molecule has 10 nitrogen and oxygen atoms in total. The van der Waals surface area contributed by atoms with E-state index in [1.54, 1.807) is 27.3 Å². The molecule has 1 atom stereocenters. The highest BCUT2D eigenvalue weighted by Gasteiger charge is 2.34. The number of aryl methyl sites for hydroxylation is 1. The molecule has 0 unspecified atom stereocenters. The van der Waals surface area contributed by atoms with Crippen molar-refractivity contribution in [2.24, 2.45) is 0 Å². The molecule has 1 aliphatic rings. The van der Waals surface area contributed by atoms with Crippen molar-refractivity contribution >= 4 is 15.9 Å². The summed E-state index contributed by atoms with van der Waals surface area (Å²) in [5.41, 5.74) is 0.247. The molecule has 2 aromatic rings. The number of hydrogen-bond donors (Lipinski definition) is 1. The zero-order chi connectivity index (χ0) is 23.3. The fraction of sp³-hybridized carbons (Fsp3) is 0.571. The standard InChI is InChI=1S/C21H31N5O5S/c1-15(2)22-21(27)18-14-25(24-23-18)12-10-16-7-5-6-11-26(16)32(28,29)17-8-9-19(30-3)20(13-17)31-4/h8-9,13-16H,5-7,10-12H2,1-4H3,(H,22,27)/t16-/m0/s1. The van der Waals surface area contributed by atoms with Gasteiger partial charge in [0.25, 0.3) is 5.91 Å². The van der Waals surface area contributed by atoms with Crippen LogP contribution in [0.25, 0.3) is 0 Å². The van der Waals surface area contributed by atoms with Crippen LogP contribution >= 0.6 is 0 Å². The number of methoxy groups -OCH3 is 2. The number of nitrogens with one attached hydrogen (secondary N) is 1. The molecule has 0 aliphatic carbocycles. The lowest BCUT2D eigenvalue weighted by Gasteiger charge is -2.34. The number of amides is 1. The lowest BCUT2D eigenvalue weighted by molar-refractivity contribution is 0.0938. The van der Waals surface area contributed by atoms with E-state index >= 15 is 0 Å². The minimum absolute atomic E-state index is 0.00484. The van der Waals surface area contributed by atoms with Gasteiger partial charge in [0.15, 0.2) is 17.2 Å². The number of benzene rings is 1. The van der Waals surface area contributed by atoms with Crippen molar-refractivity contribution in [3.8, 4) is 11.5 Å². The quantitative estimate of drug-likeness (QED) is 0.603. The second-order valence-electron chi connectivity index (χ2n) is 8.07. The fourth-order valence-electron chi connectivity index (χ4n) is 3.82. The van der Waals surface area contributed by atoms with Gasteiger partial charge in [0.1, 0.15) is 0 Å². The van der Waals surface area contributed by atoms with Gasteiger partial charge in [-0.3, -0.25) is 9.48 Å². The number of piperidine rings is 1. The van der Waals surface area contributed by atoms with E-state index in [-0.39, 0.29) is 28.6 Å². The number of sulfonamides is 1. The van der Waals surface area contributed by atoms with Gasteiger partial charge in [0.2, 0.25) is 10.0 Å². The summed E-state index contributed by atoms with van der Waals surface area (Å²) >= 11 is 0. The second-order valence-corrected chi connectivity index (χ2v) is 9.96. The molecule has 3 rings (SSSR count). The predicted octanol–water partition coefficient (Wildman–Crippen LogP) is 2.07. The first-order valence-corrected chi connectivity index (χ1v) is 12.1. The Morgan fingerprint density at radius 2 is 1.97 bits per heavy atom. The molecule has 1 aromatic carbocycles. The van der Waals surface area contributed by atoms with Gasteiger partial charge in [0.05, 0.1) is 25.3 Å². The summed E-state index contributed by atoms with van der Waals surface area (Å²) in [4.78, 5) is 12.3. The average Bonchev–Trinajstić information content (AvgIpc) is 3.26. The molecule has 0 saturated carbocycles. The summed E-state index contributed by atoms with van der Waals surface area (Å²) in [5.74, 6) is 0.573. The summed E-state index contributed by atoms with van der Waals surface area (Å²) in [6, 6.07) is 4.48. The molecule has 1 fully saturated rings. The fourth-order valence-corrected chi connectivity index (χ4v) is 5.56. The zero-order valence-corrected chi connectivity index (χ0v) is 19.8. The van der Waals surface area contributed by atoms with Crippen LogP contribution in [0.4, 0.5) is 0 Å². The van der Waals surface area contributed by atoms with Crippen molar-refractivity contribution in [1.82, 2.24) is 24.6 Å². The van der Waals surface area contributed by atoms with E-state index in [1.807, 2.05) is 13.8 Å². The topological polar surface area (TPSA) is 116 Å². The number of hydrogen-bond acceptors (Lipinski definition) is 7. The molecule has 2 heterocycles. The van der Waals surface area contributed by atoms with Crippen molar-refractivity contribution < 1.29 is 22.7 Å². The maximum atomic E-state index is 13.4. The third-order valence-corrected chi connectivity index (χ3v) is 7.37. The molecule has 1 N–H and O–H groups in total. The molecule has 0 radical (unpaired) electrons. The first-order chi connectivity index (χ1) is 15.3. The largest absolute Gasteiger partial charge is 0.493 e. The number of nitrogens with zero attached hydrogens (tertiary/aromatic N) is 4. The van der Waals surface area contributed by atoms with Gasteiger partial charge in [0, 0.05) is 31.2 Å². The van der Waals surface area contributed by atoms with Crippen molar-refractivity contribution in [3.63, 3.8) is 0 Å². The van der Waals surface area contributed by atoms with E-state index in [9.17, 15) is 13.2 Å². The summed E-state index contributed by atoms with van der Waals surface area (Å²) in [6.07, 6.45) is 4.70. The monoisotopic (exact) mass is 465 g/mol. The molecular weight excluding hydrogens is 434 g/mol. The summed E-state index contributed by atoms with van der Waals surface area (Å²) in [6.45, 7) is 4.67. The SMILES string of the molecule is COc1ccc(S(=O)(=O)N2CCCC[C@H]2CCn2cc(C(=O)NC(C)C)nn2)cc1OC. The Hall–Kier alpha value is -2.66. The maximum absolute atomic E-state index is 13.4. The zero-order valence-electron chi connectivity index (χ0n) is 18.9. The van der Waals surface area contributed by atoms with Crippen LogP contribution in [0.1, 0.15) is 50.0 Å². The lowest BCUT2D eigenvalue weighted by Crippen LogP contribution is -2.44. The Kier molecular flexibility index (Phi) is 7.73. The molecule has 1 amide bonds. The molecule has 32 heavy (non-hydrogen) atoms. The van der Waals surface area contributed by atoms with E-state index in [2.05, 4.69) is 15.6 Å². The number of carbonyl (C=O) groups is 1. The molecule has 1 aliphatic heterocycles. The van der Waals surface area contributed by atoms with Crippen LogP contribution in [0.2, 0.25) is 0 Å². The first-order valence-electron chi connectivity index (χ1n) is 10.7. The van der Waals surface area contributed by atoms with Crippen LogP contribution in [-0.4, -0.2) is 66.5 Å². The van der Waals surface area contributed by atoms with Crippen LogP contribution < -0.4 is 14.8 Å². The maximum Gasteiger partial charge on any atom is 0.273 e. The lowest BCUT2D eigenvalue weighted by atomic mass is 10.0. The Balaban J connectivity index is 1.73. The van der Waals surface area contributed by atoms with Crippen molar-refractivity contribution in [2.45, 2.75) is 63.1 Å². The van der Waals surface area contributed by atoms with Gasteiger partial charge >= 0.3 is 0 Å². The number of ether oxygens (including phenoxy) is 2. The van der Waals surface area contributed by atoms with E-state index in [0.717, 1.165) is 19.3 Å². The molecule has 1 saturated heterocycles. The Bertz CT molecular complexity index is 1040. The Morgan fingerprint density at radius 1 is 1.22 bits per heavy atom. The number of aromatic nitrogens is 3. The minimum atomic E-state index is -3.71. The van der Waals surface area contributed by atoms with Crippen molar-refractivity contribution in [2.75, 3.05) is 20.8 Å². The summed E-state index contributed by atoms with van der Waals surface area (Å²) in [7, 11) is -0.720. The average molecular weight is 466 g/mol. The Labute approximate surface area is 188 Å². The van der Waals surface area contributed by atoms with E-state index in [1.165, 1.54) is 20.3 Å². The van der Waals surface area contributed by atoms with Crippen molar-refractivity contribution in [3.05, 3.63) is 30.1 Å². The number of rotatable bonds is 9. The molecule has 1 aromatic heterocycles. The molecule has 11 heteroatoms. The highest BCUT2D eigenvalue weighted by atomic mass is 32.2. The normalized spacial score (nSPS) is 17.3. The molecule has 0 bridgehead atoms.